The monoisotopic (exact) mass is 533 g/mol. The zero-order chi connectivity index (χ0) is 26.9. The summed E-state index contributed by atoms with van der Waals surface area (Å²) in [6, 6.07) is 13.5. The average Bonchev–Trinajstić information content (AvgIpc) is 2.89. The number of benzene rings is 2. The summed E-state index contributed by atoms with van der Waals surface area (Å²) in [5.74, 6) is -1.47. The fourth-order valence-corrected chi connectivity index (χ4v) is 6.31. The van der Waals surface area contributed by atoms with E-state index in [4.69, 9.17) is 10.4 Å². The molecular weight excluding hydrogens is 509 g/mol. The summed E-state index contributed by atoms with van der Waals surface area (Å²) in [6.07, 6.45) is 3.32. The Morgan fingerprint density at radius 1 is 1.16 bits per heavy atom. The number of aromatic nitrogens is 2. The van der Waals surface area contributed by atoms with Crippen molar-refractivity contribution in [2.45, 2.75) is 30.6 Å². The fraction of sp³-hybridized carbons (Fsp3) is 0.259. The number of halogens is 1. The van der Waals surface area contributed by atoms with E-state index in [1.807, 2.05) is 17.0 Å². The number of carboxylic acids is 1. The van der Waals surface area contributed by atoms with Gasteiger partial charge < -0.3 is 15.3 Å². The molecule has 0 unspecified atom stereocenters. The summed E-state index contributed by atoms with van der Waals surface area (Å²) in [5, 5.41) is 20.8. The molecular formula is C27H24FN5O4S. The highest BCUT2D eigenvalue weighted by Gasteiger charge is 2.31. The molecule has 9 nitrogen and oxygen atoms in total. The lowest BCUT2D eigenvalue weighted by molar-refractivity contribution is -0.136. The van der Waals surface area contributed by atoms with Crippen molar-refractivity contribution < 1.29 is 22.7 Å². The van der Waals surface area contributed by atoms with Crippen LogP contribution in [0.1, 0.15) is 35.2 Å². The maximum atomic E-state index is 14.8. The number of aliphatic carboxylic acids is 1. The van der Waals surface area contributed by atoms with Crippen molar-refractivity contribution >= 4 is 38.8 Å². The number of anilines is 3. The molecule has 0 fully saturated rings. The van der Waals surface area contributed by atoms with Crippen LogP contribution in [0.4, 0.5) is 21.8 Å². The van der Waals surface area contributed by atoms with Gasteiger partial charge >= 0.3 is 5.97 Å². The number of nitrogens with one attached hydrogen (secondary N) is 1. The van der Waals surface area contributed by atoms with Gasteiger partial charge in [0.2, 0.25) is 5.95 Å². The molecule has 2 aromatic carbocycles. The third-order valence-electron chi connectivity index (χ3n) is 6.58. The molecule has 194 valence electrons. The second-order valence-corrected chi connectivity index (χ2v) is 11.2. The summed E-state index contributed by atoms with van der Waals surface area (Å²) in [4.78, 5) is 22.0. The van der Waals surface area contributed by atoms with E-state index < -0.39 is 21.6 Å². The zero-order valence-corrected chi connectivity index (χ0v) is 21.1. The Hall–Kier alpha value is -4.30. The molecule has 0 aliphatic carbocycles. The summed E-state index contributed by atoms with van der Waals surface area (Å²) in [5.41, 5.74) is 3.44. The molecule has 11 heteroatoms. The van der Waals surface area contributed by atoms with Crippen molar-refractivity contribution in [1.29, 1.82) is 5.26 Å². The van der Waals surface area contributed by atoms with Gasteiger partial charge in [0.15, 0.2) is 15.7 Å². The van der Waals surface area contributed by atoms with E-state index in [0.717, 1.165) is 17.2 Å². The van der Waals surface area contributed by atoms with Gasteiger partial charge in [-0.2, -0.15) is 10.2 Å². The molecule has 5 rings (SSSR count). The number of nitriles is 1. The molecule has 3 aromatic rings. The number of fused-ring (bicyclic) bond motifs is 1. The van der Waals surface area contributed by atoms with Crippen molar-refractivity contribution in [3.63, 3.8) is 0 Å². The topological polar surface area (TPSA) is 136 Å². The number of sulfone groups is 1. The lowest BCUT2D eigenvalue weighted by Crippen LogP contribution is -2.31. The van der Waals surface area contributed by atoms with Crippen LogP contribution in [-0.4, -0.2) is 48.3 Å². The smallest absolute Gasteiger partial charge is 0.307 e. The van der Waals surface area contributed by atoms with E-state index >= 15 is 0 Å². The first kappa shape index (κ1) is 25.4. The number of carbonyl (C=O) groups is 1. The van der Waals surface area contributed by atoms with Gasteiger partial charge in [-0.05, 0) is 60.2 Å². The predicted octanol–water partition coefficient (Wildman–Crippen LogP) is 3.87. The quantitative estimate of drug-likeness (QED) is 0.484. The predicted molar refractivity (Wildman–Crippen MR) is 139 cm³/mol. The Balaban J connectivity index is 1.46. The minimum Gasteiger partial charge on any atom is -0.481 e. The third-order valence-corrected chi connectivity index (χ3v) is 8.46. The molecule has 0 amide bonds. The maximum absolute atomic E-state index is 14.8. The normalized spacial score (nSPS) is 16.2. The molecule has 0 radical (unpaired) electrons. The molecule has 0 saturated carbocycles. The maximum Gasteiger partial charge on any atom is 0.307 e. The zero-order valence-electron chi connectivity index (χ0n) is 20.3. The Kier molecular flexibility index (Phi) is 6.82. The van der Waals surface area contributed by atoms with Gasteiger partial charge in [0.1, 0.15) is 10.7 Å². The first-order valence-corrected chi connectivity index (χ1v) is 13.7. The van der Waals surface area contributed by atoms with Gasteiger partial charge in [0.25, 0.3) is 0 Å². The van der Waals surface area contributed by atoms with E-state index in [1.54, 1.807) is 12.1 Å². The van der Waals surface area contributed by atoms with Crippen LogP contribution in [-0.2, 0) is 27.5 Å². The van der Waals surface area contributed by atoms with Gasteiger partial charge in [-0.3, -0.25) is 4.79 Å². The second kappa shape index (κ2) is 10.2. The molecule has 0 saturated heterocycles. The standard InChI is InChI=1S/C27H24FN5O4S/c28-21-14-18(15-24(34)35)5-8-22(21)30-26-25-23(2-1-13-38(25,36)37)31-27(32-26)33-11-9-20(10-12-33)19-6-3-17(16-29)4-7-19/h3-9,14H,1-2,10-13,15H2,(H,34,35)(H,30,31,32). The number of aryl methyl sites for hydroxylation is 1. The van der Waals surface area contributed by atoms with E-state index in [0.29, 0.717) is 49.6 Å². The van der Waals surface area contributed by atoms with Crippen LogP contribution in [0.2, 0.25) is 0 Å². The fourth-order valence-electron chi connectivity index (χ4n) is 4.68. The third kappa shape index (κ3) is 5.21. The van der Waals surface area contributed by atoms with Crippen molar-refractivity contribution in [3.05, 3.63) is 76.7 Å². The van der Waals surface area contributed by atoms with E-state index in [9.17, 15) is 17.6 Å². The number of carboxylic acid groups (broad SMARTS) is 1. The highest BCUT2D eigenvalue weighted by molar-refractivity contribution is 7.91. The number of rotatable bonds is 6. The lowest BCUT2D eigenvalue weighted by Gasteiger charge is -2.29. The lowest BCUT2D eigenvalue weighted by atomic mass is 9.99. The van der Waals surface area contributed by atoms with Crippen LogP contribution < -0.4 is 10.2 Å². The first-order valence-electron chi connectivity index (χ1n) is 12.1. The summed E-state index contributed by atoms with van der Waals surface area (Å²) in [6.45, 7) is 1.09. The van der Waals surface area contributed by atoms with Crippen LogP contribution in [0.25, 0.3) is 5.57 Å². The minimum atomic E-state index is -3.67. The molecule has 0 spiro atoms. The van der Waals surface area contributed by atoms with Crippen LogP contribution in [0.3, 0.4) is 0 Å². The van der Waals surface area contributed by atoms with Gasteiger partial charge in [0, 0.05) is 13.1 Å². The Labute approximate surface area is 219 Å². The largest absolute Gasteiger partial charge is 0.481 e. The molecule has 38 heavy (non-hydrogen) atoms. The molecule has 1 aromatic heterocycles. The Bertz CT molecular complexity index is 1600. The second-order valence-electron chi connectivity index (χ2n) is 9.19. The Morgan fingerprint density at radius 3 is 2.61 bits per heavy atom. The number of nitrogens with zero attached hydrogens (tertiary/aromatic N) is 4. The summed E-state index contributed by atoms with van der Waals surface area (Å²) >= 11 is 0. The van der Waals surface area contributed by atoms with Gasteiger partial charge in [-0.1, -0.05) is 24.3 Å². The molecule has 0 atom stereocenters. The highest BCUT2D eigenvalue weighted by Crippen LogP contribution is 2.34. The summed E-state index contributed by atoms with van der Waals surface area (Å²) in [7, 11) is -3.67. The number of hydrogen-bond donors (Lipinski definition) is 2. The minimum absolute atomic E-state index is 0.00611. The molecule has 2 N–H and O–H groups in total. The Morgan fingerprint density at radius 2 is 1.95 bits per heavy atom. The van der Waals surface area contributed by atoms with Gasteiger partial charge in [0.05, 0.1) is 35.2 Å². The highest BCUT2D eigenvalue weighted by atomic mass is 32.2. The first-order chi connectivity index (χ1) is 18.2. The molecule has 2 aliphatic heterocycles. The van der Waals surface area contributed by atoms with Crippen molar-refractivity contribution in [2.75, 3.05) is 29.1 Å². The molecule has 3 heterocycles. The summed E-state index contributed by atoms with van der Waals surface area (Å²) < 4.78 is 40.7. The van der Waals surface area contributed by atoms with Gasteiger partial charge in [-0.25, -0.2) is 17.8 Å². The van der Waals surface area contributed by atoms with E-state index in [1.165, 1.54) is 12.1 Å². The van der Waals surface area contributed by atoms with Crippen molar-refractivity contribution in [3.8, 4) is 6.07 Å². The average molecular weight is 534 g/mol. The van der Waals surface area contributed by atoms with Gasteiger partial charge in [-0.15, -0.1) is 0 Å². The SMILES string of the molecule is N#Cc1ccc(C2=CCN(c3nc4c(c(Nc5ccc(CC(=O)O)cc5F)n3)S(=O)(=O)CCC4)CC2)cc1. The van der Waals surface area contributed by atoms with Crippen LogP contribution in [0, 0.1) is 17.1 Å². The van der Waals surface area contributed by atoms with Crippen molar-refractivity contribution in [1.82, 2.24) is 9.97 Å². The van der Waals surface area contributed by atoms with E-state index in [2.05, 4.69) is 27.4 Å². The molecule has 2 aliphatic rings. The number of hydrogen-bond acceptors (Lipinski definition) is 8. The van der Waals surface area contributed by atoms with E-state index in [-0.39, 0.29) is 34.1 Å². The van der Waals surface area contributed by atoms with Crippen molar-refractivity contribution in [2.24, 2.45) is 0 Å². The van der Waals surface area contributed by atoms with Crippen LogP contribution in [0.15, 0.2) is 53.4 Å². The van der Waals surface area contributed by atoms with Crippen LogP contribution >= 0.6 is 0 Å². The molecule has 0 bridgehead atoms. The van der Waals surface area contributed by atoms with Crippen LogP contribution in [0.5, 0.6) is 0 Å².